The third-order valence-electron chi connectivity index (χ3n) is 3.21. The summed E-state index contributed by atoms with van der Waals surface area (Å²) in [7, 11) is 1.81. The first kappa shape index (κ1) is 11.8. The highest BCUT2D eigenvalue weighted by atomic mass is 16.5. The number of methoxy groups -OCH3 is 1. The van der Waals surface area contributed by atoms with Crippen LogP contribution in [0.1, 0.15) is 58.8 Å². The molecule has 0 spiro atoms. The van der Waals surface area contributed by atoms with Crippen molar-refractivity contribution in [1.82, 2.24) is 0 Å². The van der Waals surface area contributed by atoms with Gasteiger partial charge in [0.05, 0.1) is 5.60 Å². The second-order valence-electron chi connectivity index (χ2n) is 4.93. The molecule has 0 aromatic carbocycles. The van der Waals surface area contributed by atoms with Crippen molar-refractivity contribution in [3.8, 4) is 0 Å². The fraction of sp³-hybridized carbons (Fsp3) is 0.846. The fourth-order valence-corrected chi connectivity index (χ4v) is 1.97. The summed E-state index contributed by atoms with van der Waals surface area (Å²) < 4.78 is 5.41. The van der Waals surface area contributed by atoms with Crippen LogP contribution in [0.2, 0.25) is 0 Å². The highest BCUT2D eigenvalue weighted by Gasteiger charge is 2.15. The van der Waals surface area contributed by atoms with E-state index in [4.69, 9.17) is 4.74 Å². The van der Waals surface area contributed by atoms with Crippen LogP contribution < -0.4 is 0 Å². The van der Waals surface area contributed by atoms with Gasteiger partial charge in [0.2, 0.25) is 0 Å². The van der Waals surface area contributed by atoms with Crippen LogP contribution in [0.5, 0.6) is 0 Å². The first-order valence-electron chi connectivity index (χ1n) is 5.87. The van der Waals surface area contributed by atoms with Gasteiger partial charge in [-0.15, -0.1) is 0 Å². The van der Waals surface area contributed by atoms with Crippen molar-refractivity contribution < 1.29 is 4.74 Å². The van der Waals surface area contributed by atoms with E-state index in [0.29, 0.717) is 0 Å². The van der Waals surface area contributed by atoms with E-state index < -0.39 is 0 Å². The van der Waals surface area contributed by atoms with Crippen LogP contribution in [0.15, 0.2) is 11.6 Å². The molecule has 0 unspecified atom stereocenters. The molecule has 0 atom stereocenters. The molecular formula is C13H24O. The Labute approximate surface area is 88.5 Å². The van der Waals surface area contributed by atoms with E-state index >= 15 is 0 Å². The number of hydrogen-bond donors (Lipinski definition) is 0. The Bertz CT molecular complexity index is 191. The maximum absolute atomic E-state index is 5.41. The zero-order chi connectivity index (χ0) is 10.4. The molecule has 1 nitrogen and oxygen atoms in total. The van der Waals surface area contributed by atoms with Gasteiger partial charge in [-0.2, -0.15) is 0 Å². The second kappa shape index (κ2) is 5.55. The zero-order valence-corrected chi connectivity index (χ0v) is 9.94. The predicted molar refractivity (Wildman–Crippen MR) is 61.5 cm³/mol. The van der Waals surface area contributed by atoms with Crippen molar-refractivity contribution in [2.45, 2.75) is 64.4 Å². The van der Waals surface area contributed by atoms with E-state index in [0.717, 1.165) is 0 Å². The van der Waals surface area contributed by atoms with Crippen molar-refractivity contribution >= 4 is 0 Å². The smallest absolute Gasteiger partial charge is 0.0622 e. The van der Waals surface area contributed by atoms with Crippen molar-refractivity contribution in [3.63, 3.8) is 0 Å². The SMILES string of the molecule is COC(C)(C)CCCC1=CCCCC1. The number of ether oxygens (including phenoxy) is 1. The highest BCUT2D eigenvalue weighted by molar-refractivity contribution is 5.04. The summed E-state index contributed by atoms with van der Waals surface area (Å²) >= 11 is 0. The Balaban J connectivity index is 2.17. The summed E-state index contributed by atoms with van der Waals surface area (Å²) in [6.45, 7) is 4.34. The maximum atomic E-state index is 5.41. The molecule has 0 heterocycles. The first-order chi connectivity index (χ1) is 6.64. The molecule has 82 valence electrons. The minimum absolute atomic E-state index is 0.0647. The van der Waals surface area contributed by atoms with Crippen molar-refractivity contribution in [2.75, 3.05) is 7.11 Å². The minimum Gasteiger partial charge on any atom is -0.379 e. The van der Waals surface area contributed by atoms with Gasteiger partial charge in [0.1, 0.15) is 0 Å². The van der Waals surface area contributed by atoms with Gasteiger partial charge in [0.15, 0.2) is 0 Å². The Hall–Kier alpha value is -0.300. The summed E-state index contributed by atoms with van der Waals surface area (Å²) in [6, 6.07) is 0. The van der Waals surface area contributed by atoms with Crippen molar-refractivity contribution in [3.05, 3.63) is 11.6 Å². The van der Waals surface area contributed by atoms with E-state index in [2.05, 4.69) is 19.9 Å². The standard InChI is InChI=1S/C13H24O/c1-13(2,14-3)11-7-10-12-8-5-4-6-9-12/h8H,4-7,9-11H2,1-3H3. The quantitative estimate of drug-likeness (QED) is 0.602. The van der Waals surface area contributed by atoms with E-state index in [-0.39, 0.29) is 5.60 Å². The lowest BCUT2D eigenvalue weighted by Gasteiger charge is -2.23. The summed E-state index contributed by atoms with van der Waals surface area (Å²) in [5, 5.41) is 0. The molecule has 0 radical (unpaired) electrons. The zero-order valence-electron chi connectivity index (χ0n) is 9.94. The average molecular weight is 196 g/mol. The number of hydrogen-bond acceptors (Lipinski definition) is 1. The van der Waals surface area contributed by atoms with Gasteiger partial charge in [-0.05, 0) is 58.8 Å². The number of rotatable bonds is 5. The molecule has 14 heavy (non-hydrogen) atoms. The minimum atomic E-state index is 0.0647. The molecule has 0 saturated heterocycles. The van der Waals surface area contributed by atoms with Crippen LogP contribution in [0.4, 0.5) is 0 Å². The molecule has 1 rings (SSSR count). The second-order valence-corrected chi connectivity index (χ2v) is 4.93. The maximum Gasteiger partial charge on any atom is 0.0622 e. The molecule has 1 aliphatic carbocycles. The van der Waals surface area contributed by atoms with Crippen LogP contribution in [0, 0.1) is 0 Å². The lowest BCUT2D eigenvalue weighted by atomic mass is 9.93. The molecule has 0 fully saturated rings. The molecule has 0 aromatic heterocycles. The highest BCUT2D eigenvalue weighted by Crippen LogP contribution is 2.24. The third kappa shape index (κ3) is 4.28. The lowest BCUT2D eigenvalue weighted by Crippen LogP contribution is -2.21. The van der Waals surface area contributed by atoms with Gasteiger partial charge in [0.25, 0.3) is 0 Å². The topological polar surface area (TPSA) is 9.23 Å². The Morgan fingerprint density at radius 1 is 1.36 bits per heavy atom. The summed E-state index contributed by atoms with van der Waals surface area (Å²) in [5.41, 5.74) is 1.75. The molecule has 0 bridgehead atoms. The van der Waals surface area contributed by atoms with Crippen LogP contribution in [-0.4, -0.2) is 12.7 Å². The van der Waals surface area contributed by atoms with Gasteiger partial charge < -0.3 is 4.74 Å². The molecule has 1 heteroatoms. The van der Waals surface area contributed by atoms with Crippen LogP contribution in [0.25, 0.3) is 0 Å². The predicted octanol–water partition coefficient (Wildman–Crippen LogP) is 4.08. The first-order valence-corrected chi connectivity index (χ1v) is 5.87. The molecule has 0 N–H and O–H groups in total. The van der Waals surface area contributed by atoms with E-state index in [9.17, 15) is 0 Å². The van der Waals surface area contributed by atoms with E-state index in [1.165, 1.54) is 44.9 Å². The Morgan fingerprint density at radius 3 is 2.71 bits per heavy atom. The largest absolute Gasteiger partial charge is 0.379 e. The lowest BCUT2D eigenvalue weighted by molar-refractivity contribution is 0.0139. The molecular weight excluding hydrogens is 172 g/mol. The number of allylic oxidation sites excluding steroid dienone is 2. The Morgan fingerprint density at radius 2 is 2.14 bits per heavy atom. The fourth-order valence-electron chi connectivity index (χ4n) is 1.97. The van der Waals surface area contributed by atoms with Crippen LogP contribution in [0.3, 0.4) is 0 Å². The third-order valence-corrected chi connectivity index (χ3v) is 3.21. The van der Waals surface area contributed by atoms with E-state index in [1.807, 2.05) is 0 Å². The normalized spacial score (nSPS) is 18.1. The Kier molecular flexibility index (Phi) is 4.67. The van der Waals surface area contributed by atoms with Gasteiger partial charge in [0, 0.05) is 7.11 Å². The van der Waals surface area contributed by atoms with E-state index in [1.54, 1.807) is 12.7 Å². The van der Waals surface area contributed by atoms with Crippen LogP contribution in [-0.2, 0) is 4.74 Å². The molecule has 0 aliphatic heterocycles. The van der Waals surface area contributed by atoms with Gasteiger partial charge >= 0.3 is 0 Å². The summed E-state index contributed by atoms with van der Waals surface area (Å²) in [5.74, 6) is 0. The van der Waals surface area contributed by atoms with Gasteiger partial charge in [-0.3, -0.25) is 0 Å². The van der Waals surface area contributed by atoms with Gasteiger partial charge in [-0.1, -0.05) is 11.6 Å². The average Bonchev–Trinajstić information content (AvgIpc) is 2.19. The van der Waals surface area contributed by atoms with Crippen molar-refractivity contribution in [2.24, 2.45) is 0 Å². The molecule has 0 amide bonds. The molecule has 0 aromatic rings. The summed E-state index contributed by atoms with van der Waals surface area (Å²) in [6.07, 6.45) is 11.6. The van der Waals surface area contributed by atoms with Crippen molar-refractivity contribution in [1.29, 1.82) is 0 Å². The van der Waals surface area contributed by atoms with Gasteiger partial charge in [-0.25, -0.2) is 0 Å². The molecule has 1 aliphatic rings. The molecule has 0 saturated carbocycles. The monoisotopic (exact) mass is 196 g/mol. The van der Waals surface area contributed by atoms with Crippen LogP contribution >= 0.6 is 0 Å². The summed E-state index contributed by atoms with van der Waals surface area (Å²) in [4.78, 5) is 0.